The summed E-state index contributed by atoms with van der Waals surface area (Å²) in [5, 5.41) is 4.04. The normalized spacial score (nSPS) is 10.3. The standard InChI is InChI=1S/C12H14N4O2/c1-8-9(4-3-5-10(8)13)6-16-7-14-11(15-16)12(17)18-2/h3-5,7H,6,13H2,1-2H3. The van der Waals surface area contributed by atoms with Crippen LogP contribution in [-0.2, 0) is 11.3 Å². The van der Waals surface area contributed by atoms with Crippen LogP contribution in [0.25, 0.3) is 0 Å². The zero-order chi connectivity index (χ0) is 13.1. The molecule has 0 saturated carbocycles. The van der Waals surface area contributed by atoms with E-state index < -0.39 is 5.97 Å². The quantitative estimate of drug-likeness (QED) is 0.645. The summed E-state index contributed by atoms with van der Waals surface area (Å²) in [6, 6.07) is 5.70. The lowest BCUT2D eigenvalue weighted by atomic mass is 10.1. The molecule has 0 radical (unpaired) electrons. The predicted octanol–water partition coefficient (Wildman–Crippen LogP) is 1.00. The summed E-state index contributed by atoms with van der Waals surface area (Å²) >= 11 is 0. The number of aromatic nitrogens is 3. The molecule has 0 aliphatic rings. The van der Waals surface area contributed by atoms with Gasteiger partial charge >= 0.3 is 5.97 Å². The number of ether oxygens (including phenoxy) is 1. The molecular formula is C12H14N4O2. The van der Waals surface area contributed by atoms with E-state index in [9.17, 15) is 4.79 Å². The number of nitrogen functional groups attached to an aromatic ring is 1. The molecular weight excluding hydrogens is 232 g/mol. The van der Waals surface area contributed by atoms with E-state index in [1.165, 1.54) is 13.4 Å². The van der Waals surface area contributed by atoms with E-state index in [2.05, 4.69) is 14.8 Å². The number of hydrogen-bond donors (Lipinski definition) is 1. The Morgan fingerprint density at radius 2 is 2.28 bits per heavy atom. The average Bonchev–Trinajstić information content (AvgIpc) is 2.82. The van der Waals surface area contributed by atoms with E-state index >= 15 is 0 Å². The van der Waals surface area contributed by atoms with Crippen LogP contribution in [0.15, 0.2) is 24.5 Å². The van der Waals surface area contributed by atoms with E-state index in [0.717, 1.165) is 16.8 Å². The molecule has 2 rings (SSSR count). The molecule has 2 aromatic rings. The van der Waals surface area contributed by atoms with E-state index in [4.69, 9.17) is 5.73 Å². The highest BCUT2D eigenvalue weighted by molar-refractivity contribution is 5.84. The molecule has 0 atom stereocenters. The summed E-state index contributed by atoms with van der Waals surface area (Å²) in [7, 11) is 1.30. The van der Waals surface area contributed by atoms with Crippen molar-refractivity contribution in [3.63, 3.8) is 0 Å². The first kappa shape index (κ1) is 12.1. The monoisotopic (exact) mass is 246 g/mol. The summed E-state index contributed by atoms with van der Waals surface area (Å²) in [6.45, 7) is 2.46. The largest absolute Gasteiger partial charge is 0.463 e. The number of methoxy groups -OCH3 is 1. The third kappa shape index (κ3) is 2.32. The number of carbonyl (C=O) groups excluding carboxylic acids is 1. The number of benzene rings is 1. The maximum Gasteiger partial charge on any atom is 0.377 e. The molecule has 1 heterocycles. The summed E-state index contributed by atoms with van der Waals surface area (Å²) in [6.07, 6.45) is 1.49. The summed E-state index contributed by atoms with van der Waals surface area (Å²) < 4.78 is 6.12. The van der Waals surface area contributed by atoms with Crippen LogP contribution < -0.4 is 5.73 Å². The molecule has 1 aromatic carbocycles. The summed E-state index contributed by atoms with van der Waals surface area (Å²) in [5.74, 6) is -0.489. The molecule has 0 aliphatic carbocycles. The van der Waals surface area contributed by atoms with Gasteiger partial charge in [-0.15, -0.1) is 5.10 Å². The van der Waals surface area contributed by atoms with Gasteiger partial charge in [0.1, 0.15) is 6.33 Å². The van der Waals surface area contributed by atoms with E-state index in [1.54, 1.807) is 4.68 Å². The van der Waals surface area contributed by atoms with E-state index in [-0.39, 0.29) is 5.82 Å². The molecule has 0 aliphatic heterocycles. The minimum absolute atomic E-state index is 0.0547. The number of hydrogen-bond acceptors (Lipinski definition) is 5. The van der Waals surface area contributed by atoms with Crippen molar-refractivity contribution in [1.29, 1.82) is 0 Å². The second-order valence-electron chi connectivity index (χ2n) is 3.89. The molecule has 6 heteroatoms. The van der Waals surface area contributed by atoms with Gasteiger partial charge < -0.3 is 10.5 Å². The lowest BCUT2D eigenvalue weighted by molar-refractivity contribution is 0.0586. The number of esters is 1. The maximum atomic E-state index is 11.2. The van der Waals surface area contributed by atoms with Crippen LogP contribution in [0.1, 0.15) is 21.7 Å². The van der Waals surface area contributed by atoms with Gasteiger partial charge in [-0.05, 0) is 24.1 Å². The van der Waals surface area contributed by atoms with E-state index in [1.807, 2.05) is 25.1 Å². The van der Waals surface area contributed by atoms with Crippen LogP contribution in [0, 0.1) is 6.92 Å². The molecule has 6 nitrogen and oxygen atoms in total. The van der Waals surface area contributed by atoms with Crippen molar-refractivity contribution in [3.05, 3.63) is 41.5 Å². The van der Waals surface area contributed by atoms with Crippen LogP contribution in [0.4, 0.5) is 5.69 Å². The first-order chi connectivity index (χ1) is 8.61. The van der Waals surface area contributed by atoms with Gasteiger partial charge in [-0.2, -0.15) is 0 Å². The van der Waals surface area contributed by atoms with Gasteiger partial charge in [-0.3, -0.25) is 0 Å². The number of nitrogens with zero attached hydrogens (tertiary/aromatic N) is 3. The Morgan fingerprint density at radius 1 is 1.50 bits per heavy atom. The Morgan fingerprint density at radius 3 is 3.00 bits per heavy atom. The Labute approximate surface area is 104 Å². The van der Waals surface area contributed by atoms with Gasteiger partial charge in [0.05, 0.1) is 13.7 Å². The van der Waals surface area contributed by atoms with Crippen LogP contribution in [-0.4, -0.2) is 27.8 Å². The minimum Gasteiger partial charge on any atom is -0.463 e. The zero-order valence-electron chi connectivity index (χ0n) is 10.3. The number of rotatable bonds is 3. The van der Waals surface area contributed by atoms with Crippen LogP contribution in [0.3, 0.4) is 0 Å². The highest BCUT2D eigenvalue weighted by Gasteiger charge is 2.11. The van der Waals surface area contributed by atoms with Gasteiger partial charge in [0.2, 0.25) is 0 Å². The van der Waals surface area contributed by atoms with Crippen LogP contribution >= 0.6 is 0 Å². The predicted molar refractivity (Wildman–Crippen MR) is 66.1 cm³/mol. The number of anilines is 1. The van der Waals surface area contributed by atoms with Crippen LogP contribution in [0.5, 0.6) is 0 Å². The number of nitrogens with two attached hydrogens (primary N) is 1. The fraction of sp³-hybridized carbons (Fsp3) is 0.250. The molecule has 1 aromatic heterocycles. The zero-order valence-corrected chi connectivity index (χ0v) is 10.3. The van der Waals surface area contributed by atoms with Crippen molar-refractivity contribution in [1.82, 2.24) is 14.8 Å². The molecule has 0 fully saturated rings. The molecule has 0 saturated heterocycles. The maximum absolute atomic E-state index is 11.2. The third-order valence-electron chi connectivity index (χ3n) is 2.72. The van der Waals surface area contributed by atoms with Gasteiger partial charge in [-0.1, -0.05) is 12.1 Å². The van der Waals surface area contributed by atoms with Gasteiger partial charge in [0.25, 0.3) is 5.82 Å². The summed E-state index contributed by atoms with van der Waals surface area (Å²) in [4.78, 5) is 15.1. The Bertz CT molecular complexity index is 577. The molecule has 0 amide bonds. The molecule has 0 bridgehead atoms. The van der Waals surface area contributed by atoms with Crippen molar-refractivity contribution in [3.8, 4) is 0 Å². The number of carbonyl (C=O) groups is 1. The summed E-state index contributed by atoms with van der Waals surface area (Å²) in [5.41, 5.74) is 8.61. The third-order valence-corrected chi connectivity index (χ3v) is 2.72. The molecule has 94 valence electrons. The first-order valence-corrected chi connectivity index (χ1v) is 5.43. The topological polar surface area (TPSA) is 83.0 Å². The highest BCUT2D eigenvalue weighted by Crippen LogP contribution is 2.16. The lowest BCUT2D eigenvalue weighted by Gasteiger charge is -2.07. The Balaban J connectivity index is 2.21. The fourth-order valence-electron chi connectivity index (χ4n) is 1.60. The second kappa shape index (κ2) is 4.87. The fourth-order valence-corrected chi connectivity index (χ4v) is 1.60. The molecule has 0 unspecified atom stereocenters. The Hall–Kier alpha value is -2.37. The Kier molecular flexibility index (Phi) is 3.27. The van der Waals surface area contributed by atoms with Crippen molar-refractivity contribution in [2.24, 2.45) is 0 Å². The van der Waals surface area contributed by atoms with Crippen molar-refractivity contribution in [2.45, 2.75) is 13.5 Å². The smallest absolute Gasteiger partial charge is 0.377 e. The van der Waals surface area contributed by atoms with Crippen molar-refractivity contribution in [2.75, 3.05) is 12.8 Å². The van der Waals surface area contributed by atoms with Gasteiger partial charge in [0.15, 0.2) is 0 Å². The average molecular weight is 246 g/mol. The molecule has 18 heavy (non-hydrogen) atoms. The van der Waals surface area contributed by atoms with Gasteiger partial charge in [0, 0.05) is 5.69 Å². The first-order valence-electron chi connectivity index (χ1n) is 5.43. The lowest BCUT2D eigenvalue weighted by Crippen LogP contribution is -2.07. The van der Waals surface area contributed by atoms with Crippen molar-refractivity contribution >= 4 is 11.7 Å². The SMILES string of the molecule is COC(=O)c1ncn(Cc2cccc(N)c2C)n1. The minimum atomic E-state index is -0.543. The van der Waals surface area contributed by atoms with Gasteiger partial charge in [-0.25, -0.2) is 14.5 Å². The van der Waals surface area contributed by atoms with Crippen LogP contribution in [0.2, 0.25) is 0 Å². The molecule has 2 N–H and O–H groups in total. The molecule has 0 spiro atoms. The highest BCUT2D eigenvalue weighted by atomic mass is 16.5. The van der Waals surface area contributed by atoms with E-state index in [0.29, 0.717) is 6.54 Å². The van der Waals surface area contributed by atoms with Crippen molar-refractivity contribution < 1.29 is 9.53 Å². The second-order valence-corrected chi connectivity index (χ2v) is 3.89.